The van der Waals surface area contributed by atoms with Gasteiger partial charge in [0, 0.05) is 25.2 Å². The largest absolute Gasteiger partial charge is 0.457 e. The molecular weight excluding hydrogens is 750 g/mol. The molecule has 14 heteroatoms. The van der Waals surface area contributed by atoms with Crippen molar-refractivity contribution in [3.63, 3.8) is 0 Å². The molecule has 3 fully saturated rings. The van der Waals surface area contributed by atoms with Crippen LogP contribution in [0.3, 0.4) is 0 Å². The Morgan fingerprint density at radius 1 is 0.948 bits per heavy atom. The van der Waals surface area contributed by atoms with E-state index < -0.39 is 112 Å². The van der Waals surface area contributed by atoms with Gasteiger partial charge in [-0.3, -0.25) is 14.4 Å². The number of hydrogen-bond acceptors (Lipinski definition) is 13. The predicted octanol–water partition coefficient (Wildman–Crippen LogP) is 4.53. The van der Waals surface area contributed by atoms with Crippen LogP contribution in [-0.2, 0) is 38.1 Å². The summed E-state index contributed by atoms with van der Waals surface area (Å²) in [4.78, 5) is 69.4. The Morgan fingerprint density at radius 2 is 1.55 bits per heavy atom. The summed E-state index contributed by atoms with van der Waals surface area (Å²) in [6, 6.07) is 15.8. The van der Waals surface area contributed by atoms with Gasteiger partial charge in [0.15, 0.2) is 11.4 Å². The fraction of sp³-hybridized carbons (Fsp3) is 0.568. The number of rotatable bonds is 8. The summed E-state index contributed by atoms with van der Waals surface area (Å²) in [7, 11) is 0. The minimum absolute atomic E-state index is 0.0179. The van der Waals surface area contributed by atoms with Crippen molar-refractivity contribution in [2.75, 3.05) is 6.61 Å². The second-order valence-electron chi connectivity index (χ2n) is 17.9. The van der Waals surface area contributed by atoms with Crippen LogP contribution in [0.4, 0.5) is 4.79 Å². The van der Waals surface area contributed by atoms with E-state index in [1.807, 2.05) is 0 Å². The fourth-order valence-corrected chi connectivity index (χ4v) is 9.75. The average molecular weight is 806 g/mol. The number of aliphatic hydroxyl groups is 3. The van der Waals surface area contributed by atoms with Crippen molar-refractivity contribution >= 4 is 29.8 Å². The minimum atomic E-state index is -2.27. The molecule has 6 rings (SSSR count). The van der Waals surface area contributed by atoms with E-state index in [0.717, 1.165) is 0 Å². The monoisotopic (exact) mass is 805 g/mol. The van der Waals surface area contributed by atoms with Gasteiger partial charge in [-0.1, -0.05) is 62.4 Å². The molecule has 11 atom stereocenters. The van der Waals surface area contributed by atoms with Crippen LogP contribution in [0.1, 0.15) is 97.1 Å². The van der Waals surface area contributed by atoms with Crippen molar-refractivity contribution < 1.29 is 63.0 Å². The highest BCUT2D eigenvalue weighted by Crippen LogP contribution is 2.64. The molecule has 1 heterocycles. The van der Waals surface area contributed by atoms with E-state index in [2.05, 4.69) is 5.32 Å². The number of benzene rings is 2. The van der Waals surface area contributed by atoms with Crippen LogP contribution in [0.5, 0.6) is 0 Å². The summed E-state index contributed by atoms with van der Waals surface area (Å²) in [5.74, 6) is -5.80. The molecule has 1 saturated heterocycles. The molecule has 314 valence electrons. The third-order valence-electron chi connectivity index (χ3n) is 12.9. The molecule has 2 aromatic carbocycles. The highest BCUT2D eigenvalue weighted by molar-refractivity contribution is 5.94. The average Bonchev–Trinajstić information content (AvgIpc) is 3.14. The van der Waals surface area contributed by atoms with Gasteiger partial charge in [-0.2, -0.15) is 0 Å². The van der Waals surface area contributed by atoms with Gasteiger partial charge < -0.3 is 44.3 Å². The van der Waals surface area contributed by atoms with Crippen molar-refractivity contribution in [3.05, 3.63) is 82.9 Å². The second-order valence-corrected chi connectivity index (χ2v) is 17.9. The van der Waals surface area contributed by atoms with Gasteiger partial charge in [-0.05, 0) is 70.4 Å². The van der Waals surface area contributed by atoms with Crippen LogP contribution in [0, 0.1) is 22.7 Å². The van der Waals surface area contributed by atoms with Crippen LogP contribution < -0.4 is 5.32 Å². The molecule has 1 amide bonds. The van der Waals surface area contributed by atoms with E-state index in [1.54, 1.807) is 97.0 Å². The lowest BCUT2D eigenvalue weighted by Crippen LogP contribution is -2.81. The minimum Gasteiger partial charge on any atom is -0.457 e. The van der Waals surface area contributed by atoms with Crippen LogP contribution >= 0.6 is 0 Å². The molecule has 2 aromatic rings. The number of alkyl carbamates (subject to hydrolysis) is 1. The smallest absolute Gasteiger partial charge is 0.408 e. The topological polar surface area (TPSA) is 204 Å². The van der Waals surface area contributed by atoms with Crippen LogP contribution in [0.2, 0.25) is 0 Å². The molecule has 0 aromatic heterocycles. The Bertz CT molecular complexity index is 1970. The quantitative estimate of drug-likeness (QED) is 0.165. The van der Waals surface area contributed by atoms with E-state index >= 15 is 0 Å². The van der Waals surface area contributed by atoms with Crippen LogP contribution in [-0.4, -0.2) is 99.0 Å². The zero-order valence-electron chi connectivity index (χ0n) is 34.4. The number of fused-ring (bicyclic) bond motifs is 5. The lowest BCUT2D eigenvalue weighted by molar-refractivity contribution is -0.346. The molecular formula is C44H55NO13. The van der Waals surface area contributed by atoms with E-state index in [-0.39, 0.29) is 29.7 Å². The number of aliphatic hydroxyl groups excluding tert-OH is 2. The van der Waals surface area contributed by atoms with E-state index in [9.17, 15) is 39.3 Å². The first-order valence-corrected chi connectivity index (χ1v) is 19.7. The molecule has 2 bridgehead atoms. The van der Waals surface area contributed by atoms with Crippen molar-refractivity contribution in [1.82, 2.24) is 5.32 Å². The van der Waals surface area contributed by atoms with Crippen molar-refractivity contribution in [2.24, 2.45) is 22.7 Å². The number of carbonyl (C=O) groups is 5. The number of ether oxygens (including phenoxy) is 5. The Kier molecular flexibility index (Phi) is 11.3. The van der Waals surface area contributed by atoms with Gasteiger partial charge in [0.05, 0.1) is 41.6 Å². The summed E-state index contributed by atoms with van der Waals surface area (Å²) in [5.41, 5.74) is -7.35. The molecule has 58 heavy (non-hydrogen) atoms. The van der Waals surface area contributed by atoms with Gasteiger partial charge in [0.25, 0.3) is 0 Å². The Morgan fingerprint density at radius 3 is 2.10 bits per heavy atom. The summed E-state index contributed by atoms with van der Waals surface area (Å²) in [5, 5.41) is 40.4. The highest BCUT2D eigenvalue weighted by Gasteiger charge is 2.78. The fourth-order valence-electron chi connectivity index (χ4n) is 9.75. The van der Waals surface area contributed by atoms with E-state index in [1.165, 1.54) is 26.0 Å². The third-order valence-corrected chi connectivity index (χ3v) is 12.9. The maximum absolute atomic E-state index is 15.0. The van der Waals surface area contributed by atoms with Gasteiger partial charge in [-0.25, -0.2) is 9.59 Å². The number of hydrogen-bond donors (Lipinski definition) is 4. The van der Waals surface area contributed by atoms with E-state index in [4.69, 9.17) is 23.7 Å². The number of ketones is 1. The molecule has 4 N–H and O–H groups in total. The Labute approximate surface area is 338 Å². The number of esters is 3. The summed E-state index contributed by atoms with van der Waals surface area (Å²) < 4.78 is 30.0. The zero-order chi connectivity index (χ0) is 42.7. The summed E-state index contributed by atoms with van der Waals surface area (Å²) in [6.45, 7) is 13.8. The van der Waals surface area contributed by atoms with Crippen molar-refractivity contribution in [2.45, 2.75) is 129 Å². The molecule has 5 unspecified atom stereocenters. The predicted molar refractivity (Wildman–Crippen MR) is 207 cm³/mol. The second kappa shape index (κ2) is 15.2. The third kappa shape index (κ3) is 7.11. The first-order chi connectivity index (χ1) is 27.0. The SMILES string of the molecule is CC(=O)O[C@@]12COC1C[C@H](O)[C@@]1(C)C(=O)C(O)C3=C(C)[C@@H](OC(=O)[C@H](C)[C@@H](NC(=O)OC(C)(C)C)c4ccccc4)CC(O)(C(OC(=O)c4ccccc4)C21)C3(C)C. The molecule has 2 saturated carbocycles. The number of Topliss-reactive ketones (excluding diaryl/α,β-unsaturated/α-hetero) is 1. The van der Waals surface area contributed by atoms with Gasteiger partial charge >= 0.3 is 24.0 Å². The Hall–Kier alpha value is -4.63. The highest BCUT2D eigenvalue weighted by atomic mass is 16.6. The zero-order valence-corrected chi connectivity index (χ0v) is 34.4. The van der Waals surface area contributed by atoms with Gasteiger partial charge in [-0.15, -0.1) is 0 Å². The number of amides is 1. The first kappa shape index (κ1) is 43.0. The van der Waals surface area contributed by atoms with Crippen LogP contribution in [0.15, 0.2) is 71.8 Å². The molecule has 1 aliphatic heterocycles. The lowest BCUT2D eigenvalue weighted by Gasteiger charge is -2.67. The number of carbonyl (C=O) groups excluding carboxylic acids is 5. The maximum Gasteiger partial charge on any atom is 0.408 e. The van der Waals surface area contributed by atoms with Crippen LogP contribution in [0.25, 0.3) is 0 Å². The van der Waals surface area contributed by atoms with Gasteiger partial charge in [0.2, 0.25) is 0 Å². The molecule has 0 spiro atoms. The number of nitrogens with one attached hydrogen (secondary N) is 1. The first-order valence-electron chi connectivity index (χ1n) is 19.7. The Balaban J connectivity index is 1.49. The molecule has 4 aliphatic rings. The molecule has 14 nitrogen and oxygen atoms in total. The maximum atomic E-state index is 15.0. The summed E-state index contributed by atoms with van der Waals surface area (Å²) >= 11 is 0. The van der Waals surface area contributed by atoms with E-state index in [0.29, 0.717) is 5.56 Å². The normalized spacial score (nSPS) is 33.7. The lowest BCUT2D eigenvalue weighted by atomic mass is 9.44. The van der Waals surface area contributed by atoms with Gasteiger partial charge in [0.1, 0.15) is 35.6 Å². The van der Waals surface area contributed by atoms with Crippen molar-refractivity contribution in [1.29, 1.82) is 0 Å². The standard InChI is InChI=1S/C44H55NO13/c1-23-28(55-37(50)24(2)32(26-16-12-10-13-17-26)45-39(52)58-40(4,5)6)21-44(53)36(56-38(51)27-18-14-11-15-19-27)34-42(9,35(49)33(48)31(23)41(44,7)8)29(47)20-30-43(34,22-54-30)57-25(3)46/h10-19,24,28-30,32-34,36,47-48,53H,20-22H2,1-9H3,(H,45,52)/t24-,28+,29+,30?,32-,33?,34?,36?,42-,43+,44?/m1/s1. The van der Waals surface area contributed by atoms with Crippen molar-refractivity contribution in [3.8, 4) is 0 Å². The molecule has 0 radical (unpaired) electrons. The molecule has 3 aliphatic carbocycles. The summed E-state index contributed by atoms with van der Waals surface area (Å²) in [6.07, 6.45) is -8.79.